The van der Waals surface area contributed by atoms with E-state index in [1.165, 1.54) is 17.0 Å². The number of amides is 1. The van der Waals surface area contributed by atoms with Gasteiger partial charge < -0.3 is 4.90 Å². The Morgan fingerprint density at radius 3 is 2.25 bits per heavy atom. The maximum absolute atomic E-state index is 12.1. The molecule has 28 heavy (non-hydrogen) atoms. The van der Waals surface area contributed by atoms with E-state index in [0.29, 0.717) is 16.4 Å². The summed E-state index contributed by atoms with van der Waals surface area (Å²) >= 11 is 5.98. The molecule has 1 amide bonds. The van der Waals surface area contributed by atoms with Crippen LogP contribution in [0.2, 0.25) is 5.02 Å². The summed E-state index contributed by atoms with van der Waals surface area (Å²) in [5, 5.41) is 10.3. The van der Waals surface area contributed by atoms with Crippen LogP contribution in [-0.4, -0.2) is 43.1 Å². The lowest BCUT2D eigenvalue weighted by molar-refractivity contribution is -0.128. The van der Waals surface area contributed by atoms with Gasteiger partial charge in [0.2, 0.25) is 15.9 Å². The van der Waals surface area contributed by atoms with Gasteiger partial charge >= 0.3 is 0 Å². The Labute approximate surface area is 168 Å². The van der Waals surface area contributed by atoms with Crippen LogP contribution in [0, 0.1) is 0 Å². The van der Waals surface area contributed by atoms with Crippen molar-refractivity contribution in [2.45, 2.75) is 11.3 Å². The van der Waals surface area contributed by atoms with Gasteiger partial charge in [-0.1, -0.05) is 23.7 Å². The van der Waals surface area contributed by atoms with Gasteiger partial charge in [-0.25, -0.2) is 18.2 Å². The number of aromatic nitrogens is 2. The number of sulfonamides is 1. The van der Waals surface area contributed by atoms with Crippen molar-refractivity contribution < 1.29 is 13.2 Å². The predicted molar refractivity (Wildman–Crippen MR) is 108 cm³/mol. The van der Waals surface area contributed by atoms with Gasteiger partial charge in [-0.15, -0.1) is 0 Å². The summed E-state index contributed by atoms with van der Waals surface area (Å²) in [6.07, 6.45) is 0.149. The summed E-state index contributed by atoms with van der Waals surface area (Å²) < 4.78 is 24.6. The van der Waals surface area contributed by atoms with E-state index in [1.54, 1.807) is 43.0 Å². The van der Waals surface area contributed by atoms with E-state index in [1.807, 2.05) is 18.2 Å². The molecule has 1 aromatic heterocycles. The van der Waals surface area contributed by atoms with Gasteiger partial charge in [-0.05, 0) is 42.5 Å². The monoisotopic (exact) mass is 418 g/mol. The highest BCUT2D eigenvalue weighted by Gasteiger charge is 2.16. The Morgan fingerprint density at radius 2 is 1.71 bits per heavy atom. The Morgan fingerprint density at radius 1 is 1.11 bits per heavy atom. The number of halogens is 1. The van der Waals surface area contributed by atoms with Crippen molar-refractivity contribution in [3.63, 3.8) is 0 Å². The summed E-state index contributed by atoms with van der Waals surface area (Å²) in [5.41, 5.74) is 2.85. The van der Waals surface area contributed by atoms with Crippen molar-refractivity contribution in [1.82, 2.24) is 14.7 Å². The number of carbonyl (C=O) groups is 1. The first-order chi connectivity index (χ1) is 13.1. The van der Waals surface area contributed by atoms with Crippen LogP contribution >= 0.6 is 11.6 Å². The van der Waals surface area contributed by atoms with E-state index in [0.717, 1.165) is 11.3 Å². The number of likely N-dealkylation sites (N-methyl/N-ethyl adjacent to an activating group) is 1. The highest BCUT2D eigenvalue weighted by atomic mass is 35.5. The summed E-state index contributed by atoms with van der Waals surface area (Å²) in [5.74, 6) is -0.0723. The lowest BCUT2D eigenvalue weighted by Crippen LogP contribution is -2.23. The molecule has 0 radical (unpaired) electrons. The second-order valence-corrected chi connectivity index (χ2v) is 8.44. The molecule has 0 aliphatic carbocycles. The van der Waals surface area contributed by atoms with Crippen molar-refractivity contribution in [2.24, 2.45) is 5.14 Å². The van der Waals surface area contributed by atoms with E-state index in [-0.39, 0.29) is 17.2 Å². The third kappa shape index (κ3) is 4.41. The maximum atomic E-state index is 12.1. The van der Waals surface area contributed by atoms with Gasteiger partial charge in [0.25, 0.3) is 0 Å². The molecule has 0 aliphatic rings. The first-order valence-electron chi connectivity index (χ1n) is 8.33. The Hall–Kier alpha value is -2.68. The Bertz CT molecular complexity index is 1110. The van der Waals surface area contributed by atoms with E-state index >= 15 is 0 Å². The molecule has 0 unspecified atom stereocenters. The van der Waals surface area contributed by atoms with E-state index in [9.17, 15) is 13.2 Å². The molecule has 0 atom stereocenters. The third-order valence-corrected chi connectivity index (χ3v) is 5.32. The number of carbonyl (C=O) groups excluding carboxylic acids is 1. The van der Waals surface area contributed by atoms with Crippen LogP contribution in [0.25, 0.3) is 16.9 Å². The first-order valence-corrected chi connectivity index (χ1v) is 10.3. The molecule has 1 heterocycles. The van der Waals surface area contributed by atoms with Crippen molar-refractivity contribution in [3.8, 4) is 16.9 Å². The normalized spacial score (nSPS) is 11.4. The third-order valence-electron chi connectivity index (χ3n) is 4.14. The molecule has 0 saturated heterocycles. The van der Waals surface area contributed by atoms with Crippen LogP contribution < -0.4 is 5.14 Å². The fraction of sp³-hybridized carbons (Fsp3) is 0.158. The summed E-state index contributed by atoms with van der Waals surface area (Å²) in [4.78, 5) is 13.6. The molecule has 146 valence electrons. The molecule has 0 bridgehead atoms. The molecular weight excluding hydrogens is 400 g/mol. The zero-order valence-electron chi connectivity index (χ0n) is 15.3. The fourth-order valence-electron chi connectivity index (χ4n) is 2.63. The van der Waals surface area contributed by atoms with Crippen molar-refractivity contribution >= 4 is 27.5 Å². The van der Waals surface area contributed by atoms with Crippen LogP contribution in [0.4, 0.5) is 0 Å². The summed E-state index contributed by atoms with van der Waals surface area (Å²) in [7, 11) is -0.412. The minimum Gasteiger partial charge on any atom is -0.348 e. The molecular formula is C19H19ClN4O3S. The van der Waals surface area contributed by atoms with Gasteiger partial charge in [0.15, 0.2) is 0 Å². The minimum absolute atomic E-state index is 0.0134. The van der Waals surface area contributed by atoms with Crippen LogP contribution in [0.15, 0.2) is 59.5 Å². The average molecular weight is 419 g/mol. The number of primary sulfonamides is 1. The SMILES string of the molecule is CN(C)C(=O)Cc1cc(-c2ccc(Cl)cc2)n(-c2ccc(S(N)(=O)=O)cc2)n1. The molecule has 0 saturated carbocycles. The van der Waals surface area contributed by atoms with Gasteiger partial charge in [-0.3, -0.25) is 4.79 Å². The quantitative estimate of drug-likeness (QED) is 0.688. The van der Waals surface area contributed by atoms with Crippen LogP contribution in [0.3, 0.4) is 0 Å². The fourth-order valence-corrected chi connectivity index (χ4v) is 3.27. The molecule has 3 rings (SSSR count). The second-order valence-electron chi connectivity index (χ2n) is 6.44. The minimum atomic E-state index is -3.78. The van der Waals surface area contributed by atoms with Gasteiger partial charge in [0.1, 0.15) is 0 Å². The molecule has 0 aliphatic heterocycles. The summed E-state index contributed by atoms with van der Waals surface area (Å²) in [6.45, 7) is 0. The Balaban J connectivity index is 2.08. The highest BCUT2D eigenvalue weighted by Crippen LogP contribution is 2.26. The standard InChI is InChI=1S/C19H19ClN4O3S/c1-23(2)19(25)12-15-11-18(13-3-5-14(20)6-4-13)24(22-15)16-7-9-17(10-8-16)28(21,26)27/h3-11H,12H2,1-2H3,(H2,21,26,27). The van der Waals surface area contributed by atoms with E-state index in [2.05, 4.69) is 5.10 Å². The van der Waals surface area contributed by atoms with Gasteiger partial charge in [0, 0.05) is 24.7 Å². The van der Waals surface area contributed by atoms with E-state index in [4.69, 9.17) is 16.7 Å². The molecule has 2 aromatic carbocycles. The zero-order valence-corrected chi connectivity index (χ0v) is 16.9. The maximum Gasteiger partial charge on any atom is 0.238 e. The molecule has 0 fully saturated rings. The molecule has 9 heteroatoms. The zero-order chi connectivity index (χ0) is 20.5. The second kappa shape index (κ2) is 7.75. The Kier molecular flexibility index (Phi) is 5.55. The largest absolute Gasteiger partial charge is 0.348 e. The van der Waals surface area contributed by atoms with Crippen LogP contribution in [0.1, 0.15) is 5.69 Å². The number of nitrogens with two attached hydrogens (primary N) is 1. The molecule has 3 aromatic rings. The lowest BCUT2D eigenvalue weighted by Gasteiger charge is -2.09. The van der Waals surface area contributed by atoms with Crippen molar-refractivity contribution in [2.75, 3.05) is 14.1 Å². The van der Waals surface area contributed by atoms with Crippen molar-refractivity contribution in [1.29, 1.82) is 0 Å². The van der Waals surface area contributed by atoms with E-state index < -0.39 is 10.0 Å². The predicted octanol–water partition coefficient (Wildman–Crippen LogP) is 2.47. The number of hydrogen-bond acceptors (Lipinski definition) is 4. The lowest BCUT2D eigenvalue weighted by atomic mass is 10.1. The topological polar surface area (TPSA) is 98.3 Å². The molecule has 7 nitrogen and oxygen atoms in total. The van der Waals surface area contributed by atoms with Crippen molar-refractivity contribution in [3.05, 3.63) is 65.3 Å². The van der Waals surface area contributed by atoms with Gasteiger partial charge in [0.05, 0.1) is 28.4 Å². The number of benzene rings is 2. The number of hydrogen-bond donors (Lipinski definition) is 1. The highest BCUT2D eigenvalue weighted by molar-refractivity contribution is 7.89. The summed E-state index contributed by atoms with van der Waals surface area (Å²) in [6, 6.07) is 15.1. The van der Waals surface area contributed by atoms with Gasteiger partial charge in [-0.2, -0.15) is 5.10 Å². The molecule has 0 spiro atoms. The van der Waals surface area contributed by atoms with Crippen LogP contribution in [-0.2, 0) is 21.2 Å². The van der Waals surface area contributed by atoms with Crippen LogP contribution in [0.5, 0.6) is 0 Å². The number of rotatable bonds is 5. The average Bonchev–Trinajstić information content (AvgIpc) is 3.05. The molecule has 2 N–H and O–H groups in total. The smallest absolute Gasteiger partial charge is 0.238 e. The number of nitrogens with zero attached hydrogens (tertiary/aromatic N) is 3. The first kappa shape index (κ1) is 20.1.